The van der Waals surface area contributed by atoms with Crippen LogP contribution in [0.1, 0.15) is 11.7 Å². The van der Waals surface area contributed by atoms with Crippen LogP contribution in [0, 0.1) is 0 Å². The molecule has 0 spiro atoms. The number of halogens is 1. The van der Waals surface area contributed by atoms with Gasteiger partial charge in [0.05, 0.1) is 17.7 Å². The minimum Gasteiger partial charge on any atom is -0.482 e. The van der Waals surface area contributed by atoms with Gasteiger partial charge in [-0.1, -0.05) is 6.07 Å². The van der Waals surface area contributed by atoms with Crippen molar-refractivity contribution in [3.63, 3.8) is 0 Å². The number of amides is 1. The van der Waals surface area contributed by atoms with Crippen LogP contribution >= 0.6 is 11.6 Å². The second kappa shape index (κ2) is 4.08. The Bertz CT molecular complexity index is 394. The SMILES string of the molecule is O=C1COc2ccc([C@H](O)CCl)cc2N1. The Morgan fingerprint density at radius 3 is 3.13 bits per heavy atom. The summed E-state index contributed by atoms with van der Waals surface area (Å²) in [6.45, 7) is 0.0321. The second-order valence-corrected chi connectivity index (χ2v) is 3.57. The number of alkyl halides is 1. The lowest BCUT2D eigenvalue weighted by Crippen LogP contribution is -2.25. The summed E-state index contributed by atoms with van der Waals surface area (Å²) < 4.78 is 5.18. The molecule has 0 aliphatic carbocycles. The van der Waals surface area contributed by atoms with Crippen molar-refractivity contribution in [3.8, 4) is 5.75 Å². The van der Waals surface area contributed by atoms with Gasteiger partial charge in [0.15, 0.2) is 6.61 Å². The third-order valence-electron chi connectivity index (χ3n) is 2.17. The first kappa shape index (κ1) is 10.3. The van der Waals surface area contributed by atoms with Gasteiger partial charge in [-0.3, -0.25) is 4.79 Å². The number of anilines is 1. The van der Waals surface area contributed by atoms with E-state index in [1.165, 1.54) is 0 Å². The lowest BCUT2D eigenvalue weighted by Gasteiger charge is -2.19. The first-order chi connectivity index (χ1) is 7.20. The van der Waals surface area contributed by atoms with Gasteiger partial charge in [-0.15, -0.1) is 11.6 Å². The van der Waals surface area contributed by atoms with E-state index in [-0.39, 0.29) is 18.4 Å². The number of carbonyl (C=O) groups excluding carboxylic acids is 1. The molecule has 0 saturated heterocycles. The fraction of sp³-hybridized carbons (Fsp3) is 0.300. The number of carbonyl (C=O) groups is 1. The molecule has 1 heterocycles. The third kappa shape index (κ3) is 2.06. The fourth-order valence-corrected chi connectivity index (χ4v) is 1.58. The number of nitrogens with one attached hydrogen (secondary N) is 1. The van der Waals surface area contributed by atoms with Crippen molar-refractivity contribution < 1.29 is 14.6 Å². The van der Waals surface area contributed by atoms with E-state index in [1.807, 2.05) is 0 Å². The molecule has 80 valence electrons. The van der Waals surface area contributed by atoms with Gasteiger partial charge in [0.25, 0.3) is 5.91 Å². The van der Waals surface area contributed by atoms with Crippen LogP contribution in [-0.4, -0.2) is 23.5 Å². The van der Waals surface area contributed by atoms with Crippen molar-refractivity contribution in [2.75, 3.05) is 17.8 Å². The van der Waals surface area contributed by atoms with Gasteiger partial charge in [0.2, 0.25) is 0 Å². The van der Waals surface area contributed by atoms with Crippen LogP contribution in [0.4, 0.5) is 5.69 Å². The molecule has 2 N–H and O–H groups in total. The predicted octanol–water partition coefficient (Wildman–Crippen LogP) is 1.29. The molecule has 0 bridgehead atoms. The molecule has 15 heavy (non-hydrogen) atoms. The van der Waals surface area contributed by atoms with Gasteiger partial charge in [-0.25, -0.2) is 0 Å². The Labute approximate surface area is 91.8 Å². The number of benzene rings is 1. The van der Waals surface area contributed by atoms with Crippen LogP contribution in [0.3, 0.4) is 0 Å². The maximum absolute atomic E-state index is 11.1. The summed E-state index contributed by atoms with van der Waals surface area (Å²) in [5, 5.41) is 12.2. The van der Waals surface area contributed by atoms with E-state index < -0.39 is 6.10 Å². The normalized spacial score (nSPS) is 16.3. The molecule has 1 amide bonds. The number of hydrogen-bond donors (Lipinski definition) is 2. The number of aliphatic hydroxyl groups excluding tert-OH is 1. The predicted molar refractivity (Wildman–Crippen MR) is 56.2 cm³/mol. The van der Waals surface area contributed by atoms with Gasteiger partial charge < -0.3 is 15.2 Å². The van der Waals surface area contributed by atoms with Crippen molar-refractivity contribution in [1.82, 2.24) is 0 Å². The maximum atomic E-state index is 11.1. The summed E-state index contributed by atoms with van der Waals surface area (Å²) in [6, 6.07) is 5.10. The van der Waals surface area contributed by atoms with E-state index in [9.17, 15) is 9.90 Å². The third-order valence-corrected chi connectivity index (χ3v) is 2.46. The average molecular weight is 228 g/mol. The van der Waals surface area contributed by atoms with Crippen LogP contribution in [0.5, 0.6) is 5.75 Å². The molecule has 1 aliphatic heterocycles. The zero-order valence-corrected chi connectivity index (χ0v) is 8.62. The van der Waals surface area contributed by atoms with Crippen molar-refractivity contribution in [1.29, 1.82) is 0 Å². The smallest absolute Gasteiger partial charge is 0.262 e. The van der Waals surface area contributed by atoms with E-state index in [0.29, 0.717) is 17.0 Å². The molecule has 1 aliphatic rings. The summed E-state index contributed by atoms with van der Waals surface area (Å²) in [5.41, 5.74) is 1.24. The number of fused-ring (bicyclic) bond motifs is 1. The first-order valence-electron chi connectivity index (χ1n) is 4.51. The van der Waals surface area contributed by atoms with E-state index in [0.717, 1.165) is 0 Å². The summed E-state index contributed by atoms with van der Waals surface area (Å²) in [6.07, 6.45) is -0.726. The molecular weight excluding hydrogens is 218 g/mol. The molecule has 0 aromatic heterocycles. The quantitative estimate of drug-likeness (QED) is 0.749. The van der Waals surface area contributed by atoms with E-state index in [2.05, 4.69) is 5.32 Å². The Morgan fingerprint density at radius 2 is 2.40 bits per heavy atom. The van der Waals surface area contributed by atoms with Crippen LogP contribution in [0.15, 0.2) is 18.2 Å². The molecule has 1 aromatic rings. The molecular formula is C10H10ClNO3. The lowest BCUT2D eigenvalue weighted by molar-refractivity contribution is -0.118. The van der Waals surface area contributed by atoms with E-state index in [4.69, 9.17) is 16.3 Å². The molecule has 0 fully saturated rings. The topological polar surface area (TPSA) is 58.6 Å². The molecule has 1 aromatic carbocycles. The Kier molecular flexibility index (Phi) is 2.79. The fourth-order valence-electron chi connectivity index (χ4n) is 1.40. The summed E-state index contributed by atoms with van der Waals surface area (Å²) >= 11 is 5.53. The highest BCUT2D eigenvalue weighted by Crippen LogP contribution is 2.30. The zero-order chi connectivity index (χ0) is 10.8. The summed E-state index contributed by atoms with van der Waals surface area (Å²) in [7, 11) is 0. The lowest BCUT2D eigenvalue weighted by atomic mass is 10.1. The van der Waals surface area contributed by atoms with E-state index in [1.54, 1.807) is 18.2 Å². The van der Waals surface area contributed by atoms with Gasteiger partial charge in [-0.05, 0) is 17.7 Å². The van der Waals surface area contributed by atoms with Gasteiger partial charge in [0.1, 0.15) is 5.75 Å². The van der Waals surface area contributed by atoms with Crippen LogP contribution < -0.4 is 10.1 Å². The van der Waals surface area contributed by atoms with E-state index >= 15 is 0 Å². The van der Waals surface area contributed by atoms with Gasteiger partial charge in [-0.2, -0.15) is 0 Å². The summed E-state index contributed by atoms with van der Waals surface area (Å²) in [5.74, 6) is 0.535. The standard InChI is InChI=1S/C10H10ClNO3/c11-4-8(13)6-1-2-9-7(3-6)12-10(14)5-15-9/h1-3,8,13H,4-5H2,(H,12,14)/t8-/m1/s1. The number of hydrogen-bond acceptors (Lipinski definition) is 3. The van der Waals surface area contributed by atoms with Crippen molar-refractivity contribution in [2.45, 2.75) is 6.10 Å². The van der Waals surface area contributed by atoms with Crippen molar-refractivity contribution in [2.24, 2.45) is 0 Å². The summed E-state index contributed by atoms with van der Waals surface area (Å²) in [4.78, 5) is 11.1. The van der Waals surface area contributed by atoms with Crippen molar-refractivity contribution in [3.05, 3.63) is 23.8 Å². The monoisotopic (exact) mass is 227 g/mol. The van der Waals surface area contributed by atoms with Crippen LogP contribution in [0.25, 0.3) is 0 Å². The number of ether oxygens (including phenoxy) is 1. The largest absolute Gasteiger partial charge is 0.482 e. The van der Waals surface area contributed by atoms with Crippen LogP contribution in [0.2, 0.25) is 0 Å². The highest BCUT2D eigenvalue weighted by atomic mass is 35.5. The van der Waals surface area contributed by atoms with Gasteiger partial charge >= 0.3 is 0 Å². The molecule has 0 radical (unpaired) electrons. The minimum absolute atomic E-state index is 0.0321. The second-order valence-electron chi connectivity index (χ2n) is 3.26. The Morgan fingerprint density at radius 1 is 1.60 bits per heavy atom. The first-order valence-corrected chi connectivity index (χ1v) is 5.05. The number of aliphatic hydroxyl groups is 1. The molecule has 0 saturated carbocycles. The van der Waals surface area contributed by atoms with Crippen LogP contribution in [-0.2, 0) is 4.79 Å². The highest BCUT2D eigenvalue weighted by molar-refractivity contribution is 6.18. The molecule has 1 atom stereocenters. The minimum atomic E-state index is -0.726. The Balaban J connectivity index is 2.32. The average Bonchev–Trinajstić information content (AvgIpc) is 2.27. The molecule has 0 unspecified atom stereocenters. The zero-order valence-electron chi connectivity index (χ0n) is 7.87. The maximum Gasteiger partial charge on any atom is 0.262 e. The highest BCUT2D eigenvalue weighted by Gasteiger charge is 2.17. The van der Waals surface area contributed by atoms with Gasteiger partial charge in [0, 0.05) is 0 Å². The Hall–Kier alpha value is -1.26. The van der Waals surface area contributed by atoms with Crippen molar-refractivity contribution >= 4 is 23.2 Å². The molecule has 4 nitrogen and oxygen atoms in total. The number of rotatable bonds is 2. The molecule has 5 heteroatoms. The molecule has 2 rings (SSSR count).